The SMILES string of the molecule is CCCCCCCCCC(Cl)C(C1CCCCC1)C1CCCCC1. The molecule has 0 aromatic heterocycles. The number of alkyl halides is 1. The molecule has 2 saturated carbocycles. The lowest BCUT2D eigenvalue weighted by Gasteiger charge is -2.40. The number of halogens is 1. The van der Waals surface area contributed by atoms with E-state index in [-0.39, 0.29) is 0 Å². The molecule has 0 N–H and O–H groups in total. The van der Waals surface area contributed by atoms with Gasteiger partial charge in [0.1, 0.15) is 0 Å². The Labute approximate surface area is 157 Å². The highest BCUT2D eigenvalue weighted by molar-refractivity contribution is 6.20. The summed E-state index contributed by atoms with van der Waals surface area (Å²) in [5.74, 6) is 2.75. The standard InChI is InChI=1S/C23H43Cl/c1-2-3-4-5-6-7-14-19-22(24)23(20-15-10-8-11-16-20)21-17-12-9-13-18-21/h20-23H,2-19H2,1H3. The first-order valence-electron chi connectivity index (χ1n) is 11.5. The molecule has 0 amide bonds. The van der Waals surface area contributed by atoms with Crippen molar-refractivity contribution < 1.29 is 0 Å². The molecule has 1 atom stereocenters. The van der Waals surface area contributed by atoms with Gasteiger partial charge in [-0.25, -0.2) is 0 Å². The average molecular weight is 355 g/mol. The minimum Gasteiger partial charge on any atom is -0.123 e. The second-order valence-corrected chi connectivity index (χ2v) is 9.36. The number of hydrogen-bond donors (Lipinski definition) is 0. The molecule has 0 aromatic rings. The summed E-state index contributed by atoms with van der Waals surface area (Å²) in [5.41, 5.74) is 0. The Kier molecular flexibility index (Phi) is 10.8. The highest BCUT2D eigenvalue weighted by Crippen LogP contribution is 2.44. The van der Waals surface area contributed by atoms with E-state index in [0.29, 0.717) is 5.38 Å². The highest BCUT2D eigenvalue weighted by atomic mass is 35.5. The summed E-state index contributed by atoms with van der Waals surface area (Å²) in [7, 11) is 0. The van der Waals surface area contributed by atoms with Crippen LogP contribution in [-0.4, -0.2) is 5.38 Å². The molecule has 0 nitrogen and oxygen atoms in total. The van der Waals surface area contributed by atoms with Crippen LogP contribution in [0.5, 0.6) is 0 Å². The van der Waals surface area contributed by atoms with E-state index < -0.39 is 0 Å². The molecule has 2 fully saturated rings. The molecular formula is C23H43Cl. The molecule has 0 radical (unpaired) electrons. The summed E-state index contributed by atoms with van der Waals surface area (Å²) in [6.07, 6.45) is 25.9. The van der Waals surface area contributed by atoms with Crippen molar-refractivity contribution in [1.82, 2.24) is 0 Å². The molecule has 0 saturated heterocycles. The Hall–Kier alpha value is 0.290. The van der Waals surface area contributed by atoms with Crippen molar-refractivity contribution in [1.29, 1.82) is 0 Å². The van der Waals surface area contributed by atoms with Crippen molar-refractivity contribution in [2.24, 2.45) is 17.8 Å². The third-order valence-corrected chi connectivity index (χ3v) is 7.40. The van der Waals surface area contributed by atoms with E-state index in [1.165, 1.54) is 116 Å². The van der Waals surface area contributed by atoms with Crippen LogP contribution in [0.15, 0.2) is 0 Å². The summed E-state index contributed by atoms with van der Waals surface area (Å²) in [6, 6.07) is 0. The van der Waals surface area contributed by atoms with E-state index >= 15 is 0 Å². The van der Waals surface area contributed by atoms with Gasteiger partial charge in [0.05, 0.1) is 0 Å². The summed E-state index contributed by atoms with van der Waals surface area (Å²) in [5, 5.41) is 0.465. The van der Waals surface area contributed by atoms with Gasteiger partial charge in [-0.3, -0.25) is 0 Å². The fourth-order valence-electron chi connectivity index (χ4n) is 5.50. The molecule has 2 rings (SSSR count). The monoisotopic (exact) mass is 354 g/mol. The second-order valence-electron chi connectivity index (χ2n) is 8.80. The van der Waals surface area contributed by atoms with Crippen LogP contribution in [0, 0.1) is 17.8 Å². The molecule has 0 aromatic carbocycles. The van der Waals surface area contributed by atoms with Crippen molar-refractivity contribution >= 4 is 11.6 Å². The zero-order valence-electron chi connectivity index (χ0n) is 16.4. The quantitative estimate of drug-likeness (QED) is 0.257. The number of hydrogen-bond acceptors (Lipinski definition) is 0. The van der Waals surface area contributed by atoms with Crippen LogP contribution < -0.4 is 0 Å². The van der Waals surface area contributed by atoms with E-state index in [9.17, 15) is 0 Å². The summed E-state index contributed by atoms with van der Waals surface area (Å²) >= 11 is 7.08. The largest absolute Gasteiger partial charge is 0.123 e. The predicted octanol–water partition coefficient (Wildman–Crippen LogP) is 8.51. The maximum Gasteiger partial charge on any atom is 0.0369 e. The van der Waals surface area contributed by atoms with Crippen LogP contribution in [0.25, 0.3) is 0 Å². The molecule has 0 spiro atoms. The van der Waals surface area contributed by atoms with Gasteiger partial charge in [-0.2, -0.15) is 0 Å². The average Bonchev–Trinajstić information content (AvgIpc) is 2.63. The van der Waals surface area contributed by atoms with E-state index in [2.05, 4.69) is 6.92 Å². The zero-order chi connectivity index (χ0) is 17.0. The maximum absolute atomic E-state index is 7.08. The van der Waals surface area contributed by atoms with Crippen molar-refractivity contribution in [2.75, 3.05) is 0 Å². The van der Waals surface area contributed by atoms with Crippen LogP contribution in [0.2, 0.25) is 0 Å². The smallest absolute Gasteiger partial charge is 0.0369 e. The molecule has 0 heterocycles. The van der Waals surface area contributed by atoms with E-state index in [0.717, 1.165) is 17.8 Å². The molecule has 1 heteroatoms. The Morgan fingerprint density at radius 1 is 0.667 bits per heavy atom. The van der Waals surface area contributed by atoms with E-state index in [1.54, 1.807) is 0 Å². The van der Waals surface area contributed by atoms with Crippen LogP contribution in [0.3, 0.4) is 0 Å². The highest BCUT2D eigenvalue weighted by Gasteiger charge is 2.35. The van der Waals surface area contributed by atoms with Crippen LogP contribution in [0.1, 0.15) is 122 Å². The molecule has 2 aliphatic carbocycles. The van der Waals surface area contributed by atoms with Gasteiger partial charge < -0.3 is 0 Å². The lowest BCUT2D eigenvalue weighted by atomic mass is 9.67. The third-order valence-electron chi connectivity index (χ3n) is 6.89. The van der Waals surface area contributed by atoms with Gasteiger partial charge in [0.25, 0.3) is 0 Å². The van der Waals surface area contributed by atoms with Crippen LogP contribution in [0.4, 0.5) is 0 Å². The fourth-order valence-corrected chi connectivity index (χ4v) is 6.07. The second kappa shape index (κ2) is 12.6. The van der Waals surface area contributed by atoms with Crippen LogP contribution >= 0.6 is 11.6 Å². The molecule has 24 heavy (non-hydrogen) atoms. The first-order valence-corrected chi connectivity index (χ1v) is 11.9. The molecule has 2 aliphatic rings. The topological polar surface area (TPSA) is 0 Å². The molecule has 1 unspecified atom stereocenters. The third kappa shape index (κ3) is 7.27. The number of rotatable bonds is 11. The lowest BCUT2D eigenvalue weighted by Crippen LogP contribution is -2.34. The lowest BCUT2D eigenvalue weighted by molar-refractivity contribution is 0.135. The predicted molar refractivity (Wildman–Crippen MR) is 109 cm³/mol. The van der Waals surface area contributed by atoms with Gasteiger partial charge >= 0.3 is 0 Å². The minimum atomic E-state index is 0.465. The molecule has 0 aliphatic heterocycles. The van der Waals surface area contributed by atoms with Gasteiger partial charge in [-0.15, -0.1) is 11.6 Å². The van der Waals surface area contributed by atoms with Gasteiger partial charge in [-0.05, 0) is 24.2 Å². The summed E-state index contributed by atoms with van der Waals surface area (Å²) in [6.45, 7) is 2.30. The number of unbranched alkanes of at least 4 members (excludes halogenated alkanes) is 6. The Bertz CT molecular complexity index is 270. The molecule has 0 bridgehead atoms. The first-order chi connectivity index (χ1) is 11.8. The van der Waals surface area contributed by atoms with Gasteiger partial charge in [0.2, 0.25) is 0 Å². The Balaban J connectivity index is 1.74. The van der Waals surface area contributed by atoms with Crippen molar-refractivity contribution in [3.63, 3.8) is 0 Å². The van der Waals surface area contributed by atoms with Gasteiger partial charge in [-0.1, -0.05) is 116 Å². The van der Waals surface area contributed by atoms with Crippen molar-refractivity contribution in [3.8, 4) is 0 Å². The Morgan fingerprint density at radius 3 is 1.62 bits per heavy atom. The van der Waals surface area contributed by atoms with Gasteiger partial charge in [0.15, 0.2) is 0 Å². The van der Waals surface area contributed by atoms with E-state index in [1.807, 2.05) is 0 Å². The zero-order valence-corrected chi connectivity index (χ0v) is 17.2. The molecular weight excluding hydrogens is 312 g/mol. The van der Waals surface area contributed by atoms with Crippen molar-refractivity contribution in [2.45, 2.75) is 128 Å². The molecule has 142 valence electrons. The normalized spacial score (nSPS) is 22.1. The summed E-state index contributed by atoms with van der Waals surface area (Å²) in [4.78, 5) is 0. The van der Waals surface area contributed by atoms with E-state index in [4.69, 9.17) is 11.6 Å². The van der Waals surface area contributed by atoms with Crippen molar-refractivity contribution in [3.05, 3.63) is 0 Å². The summed E-state index contributed by atoms with van der Waals surface area (Å²) < 4.78 is 0. The minimum absolute atomic E-state index is 0.465. The van der Waals surface area contributed by atoms with Crippen LogP contribution in [-0.2, 0) is 0 Å². The first kappa shape index (κ1) is 20.6. The Morgan fingerprint density at radius 2 is 1.12 bits per heavy atom. The van der Waals surface area contributed by atoms with Gasteiger partial charge in [0, 0.05) is 5.38 Å². The fraction of sp³-hybridized carbons (Fsp3) is 1.00. The maximum atomic E-state index is 7.08.